The maximum absolute atomic E-state index is 9.56. The average molecular weight is 228 g/mol. The van der Waals surface area contributed by atoms with Gasteiger partial charge in [-0.25, -0.2) is 0 Å². The average Bonchev–Trinajstić information content (AvgIpc) is 3.04. The zero-order valence-corrected chi connectivity index (χ0v) is 11.3. The van der Waals surface area contributed by atoms with Crippen molar-refractivity contribution in [2.75, 3.05) is 32.8 Å². The lowest BCUT2D eigenvalue weighted by Gasteiger charge is -2.36. The molecule has 0 aromatic carbocycles. The first kappa shape index (κ1) is 13.9. The van der Waals surface area contributed by atoms with Gasteiger partial charge in [0.25, 0.3) is 0 Å². The Hall–Kier alpha value is -0.120. The van der Waals surface area contributed by atoms with Gasteiger partial charge >= 0.3 is 0 Å². The quantitative estimate of drug-likeness (QED) is 0.660. The summed E-state index contributed by atoms with van der Waals surface area (Å²) in [5.74, 6) is 0. The van der Waals surface area contributed by atoms with Crippen molar-refractivity contribution < 1.29 is 5.11 Å². The van der Waals surface area contributed by atoms with E-state index < -0.39 is 0 Å². The highest BCUT2D eigenvalue weighted by molar-refractivity contribution is 5.07. The Labute approximate surface area is 100 Å². The van der Waals surface area contributed by atoms with E-state index in [-0.39, 0.29) is 12.1 Å². The number of aliphatic hydroxyl groups excluding tert-OH is 1. The summed E-state index contributed by atoms with van der Waals surface area (Å²) in [6, 6.07) is 0. The summed E-state index contributed by atoms with van der Waals surface area (Å²) in [5, 5.41) is 13.1. The Morgan fingerprint density at radius 1 is 1.31 bits per heavy atom. The van der Waals surface area contributed by atoms with Gasteiger partial charge < -0.3 is 15.3 Å². The molecule has 1 unspecified atom stereocenters. The van der Waals surface area contributed by atoms with Crippen LogP contribution in [0.25, 0.3) is 0 Å². The predicted octanol–water partition coefficient (Wildman–Crippen LogP) is 1.47. The molecule has 1 rings (SSSR count). The van der Waals surface area contributed by atoms with Gasteiger partial charge in [-0.05, 0) is 38.3 Å². The molecule has 0 aromatic heterocycles. The fourth-order valence-corrected chi connectivity index (χ4v) is 2.23. The number of nitrogens with zero attached hydrogens (tertiary/aromatic N) is 1. The summed E-state index contributed by atoms with van der Waals surface area (Å²) >= 11 is 0. The van der Waals surface area contributed by atoms with E-state index in [2.05, 4.69) is 37.9 Å². The Morgan fingerprint density at radius 3 is 2.25 bits per heavy atom. The van der Waals surface area contributed by atoms with E-state index in [1.165, 1.54) is 12.8 Å². The van der Waals surface area contributed by atoms with Crippen molar-refractivity contribution in [1.82, 2.24) is 10.2 Å². The number of hydrogen-bond acceptors (Lipinski definition) is 3. The van der Waals surface area contributed by atoms with Crippen LogP contribution in [0.5, 0.6) is 0 Å². The number of hydrogen-bond donors (Lipinski definition) is 2. The zero-order chi connectivity index (χ0) is 12.2. The van der Waals surface area contributed by atoms with Crippen LogP contribution >= 0.6 is 0 Å². The standard InChI is InChI=1S/C13H28N2O/c1-5-15(6-2)10-9-14-13(4,11-16)12(3)7-8-12/h14,16H,5-11H2,1-4H3. The largest absolute Gasteiger partial charge is 0.394 e. The smallest absolute Gasteiger partial charge is 0.0615 e. The van der Waals surface area contributed by atoms with Crippen molar-refractivity contribution in [3.05, 3.63) is 0 Å². The third kappa shape index (κ3) is 2.96. The van der Waals surface area contributed by atoms with Crippen molar-refractivity contribution in [2.24, 2.45) is 5.41 Å². The zero-order valence-electron chi connectivity index (χ0n) is 11.3. The van der Waals surface area contributed by atoms with Gasteiger partial charge in [0.1, 0.15) is 0 Å². The van der Waals surface area contributed by atoms with Crippen molar-refractivity contribution in [3.8, 4) is 0 Å². The van der Waals surface area contributed by atoms with Crippen LogP contribution in [0.2, 0.25) is 0 Å². The molecule has 0 amide bonds. The van der Waals surface area contributed by atoms with Gasteiger partial charge in [-0.2, -0.15) is 0 Å². The summed E-state index contributed by atoms with van der Waals surface area (Å²) in [6.07, 6.45) is 2.48. The van der Waals surface area contributed by atoms with Crippen LogP contribution in [0.4, 0.5) is 0 Å². The molecule has 0 bridgehead atoms. The molecule has 3 nitrogen and oxygen atoms in total. The third-order valence-corrected chi connectivity index (χ3v) is 4.49. The van der Waals surface area contributed by atoms with E-state index in [1.54, 1.807) is 0 Å². The first-order valence-corrected chi connectivity index (χ1v) is 6.59. The van der Waals surface area contributed by atoms with Gasteiger partial charge in [0.15, 0.2) is 0 Å². The van der Waals surface area contributed by atoms with Gasteiger partial charge in [-0.15, -0.1) is 0 Å². The Kier molecular flexibility index (Phi) is 4.77. The summed E-state index contributed by atoms with van der Waals surface area (Å²) in [6.45, 7) is 13.3. The molecular weight excluding hydrogens is 200 g/mol. The monoisotopic (exact) mass is 228 g/mol. The summed E-state index contributed by atoms with van der Waals surface area (Å²) in [4.78, 5) is 2.40. The molecule has 1 saturated carbocycles. The lowest BCUT2D eigenvalue weighted by Crippen LogP contribution is -2.54. The second kappa shape index (κ2) is 5.48. The van der Waals surface area contributed by atoms with Gasteiger partial charge in [-0.3, -0.25) is 0 Å². The van der Waals surface area contributed by atoms with Crippen LogP contribution in [0.1, 0.15) is 40.5 Å². The molecule has 0 radical (unpaired) electrons. The van der Waals surface area contributed by atoms with Crippen molar-refractivity contribution in [2.45, 2.75) is 46.1 Å². The molecule has 0 spiro atoms. The molecule has 1 aliphatic rings. The Morgan fingerprint density at radius 2 is 1.88 bits per heavy atom. The number of rotatable bonds is 8. The van der Waals surface area contributed by atoms with E-state index in [9.17, 15) is 5.11 Å². The van der Waals surface area contributed by atoms with E-state index in [1.807, 2.05) is 0 Å². The van der Waals surface area contributed by atoms with Gasteiger partial charge in [0.05, 0.1) is 6.61 Å². The van der Waals surface area contributed by atoms with Crippen LogP contribution in [0.15, 0.2) is 0 Å². The van der Waals surface area contributed by atoms with E-state index in [0.29, 0.717) is 5.41 Å². The van der Waals surface area contributed by atoms with Crippen LogP contribution in [-0.2, 0) is 0 Å². The molecule has 1 aliphatic carbocycles. The maximum Gasteiger partial charge on any atom is 0.0615 e. The SMILES string of the molecule is CCN(CC)CCNC(C)(CO)C1(C)CC1. The van der Waals surface area contributed by atoms with Gasteiger partial charge in [0.2, 0.25) is 0 Å². The number of aliphatic hydroxyl groups is 1. The highest BCUT2D eigenvalue weighted by Gasteiger charge is 2.52. The van der Waals surface area contributed by atoms with E-state index in [4.69, 9.17) is 0 Å². The van der Waals surface area contributed by atoms with Crippen molar-refractivity contribution in [1.29, 1.82) is 0 Å². The minimum absolute atomic E-state index is 0.0971. The molecule has 0 aromatic rings. The molecule has 16 heavy (non-hydrogen) atoms. The highest BCUT2D eigenvalue weighted by Crippen LogP contribution is 2.53. The molecule has 3 heteroatoms. The Balaban J connectivity index is 2.34. The fourth-order valence-electron chi connectivity index (χ4n) is 2.23. The molecule has 0 heterocycles. The van der Waals surface area contributed by atoms with Gasteiger partial charge in [-0.1, -0.05) is 20.8 Å². The molecule has 1 atom stereocenters. The summed E-state index contributed by atoms with van der Waals surface area (Å²) in [5.41, 5.74) is 0.213. The second-order valence-electron chi connectivity index (χ2n) is 5.50. The second-order valence-corrected chi connectivity index (χ2v) is 5.50. The summed E-state index contributed by atoms with van der Waals surface area (Å²) < 4.78 is 0. The molecule has 0 aliphatic heterocycles. The molecule has 96 valence electrons. The van der Waals surface area contributed by atoms with Crippen LogP contribution in [0.3, 0.4) is 0 Å². The molecule has 2 N–H and O–H groups in total. The fraction of sp³-hybridized carbons (Fsp3) is 1.00. The first-order valence-electron chi connectivity index (χ1n) is 6.59. The topological polar surface area (TPSA) is 35.5 Å². The number of nitrogens with one attached hydrogen (secondary N) is 1. The van der Waals surface area contributed by atoms with Crippen molar-refractivity contribution >= 4 is 0 Å². The normalized spacial score (nSPS) is 22.1. The highest BCUT2D eigenvalue weighted by atomic mass is 16.3. The maximum atomic E-state index is 9.56. The van der Waals surface area contributed by atoms with Crippen molar-refractivity contribution in [3.63, 3.8) is 0 Å². The van der Waals surface area contributed by atoms with Crippen LogP contribution in [0, 0.1) is 5.41 Å². The van der Waals surface area contributed by atoms with Gasteiger partial charge in [0, 0.05) is 18.6 Å². The lowest BCUT2D eigenvalue weighted by molar-refractivity contribution is 0.109. The molecule has 1 fully saturated rings. The predicted molar refractivity (Wildman–Crippen MR) is 68.6 cm³/mol. The minimum atomic E-state index is -0.0971. The van der Waals surface area contributed by atoms with Crippen LogP contribution in [-0.4, -0.2) is 48.3 Å². The Bertz CT molecular complexity index is 212. The minimum Gasteiger partial charge on any atom is -0.394 e. The molecular formula is C13H28N2O. The summed E-state index contributed by atoms with van der Waals surface area (Å²) in [7, 11) is 0. The third-order valence-electron chi connectivity index (χ3n) is 4.49. The van der Waals surface area contributed by atoms with Crippen LogP contribution < -0.4 is 5.32 Å². The number of likely N-dealkylation sites (N-methyl/N-ethyl adjacent to an activating group) is 1. The van der Waals surface area contributed by atoms with E-state index >= 15 is 0 Å². The molecule has 0 saturated heterocycles. The lowest BCUT2D eigenvalue weighted by atomic mass is 9.84. The first-order chi connectivity index (χ1) is 7.51. The van der Waals surface area contributed by atoms with E-state index in [0.717, 1.165) is 26.2 Å².